The number of fused-ring (bicyclic) bond motifs is 3. The fourth-order valence-electron chi connectivity index (χ4n) is 4.36. The normalized spacial score (nSPS) is 12.6. The SMILES string of the molecule is CCCCCCCCn1c2ccc(C(=O)C(C)(C)Br)cc2c2cc(C(=O)C(C)(C)Br)ccc21. The molecule has 1 heterocycles. The molecule has 0 amide bonds. The van der Waals surface area contributed by atoms with Gasteiger partial charge in [0.05, 0.1) is 8.65 Å². The second kappa shape index (κ2) is 10.4. The van der Waals surface area contributed by atoms with Crippen LogP contribution in [0.1, 0.15) is 93.9 Å². The van der Waals surface area contributed by atoms with Gasteiger partial charge >= 0.3 is 0 Å². The molecule has 0 atom stereocenters. The van der Waals surface area contributed by atoms with Gasteiger partial charge in [-0.25, -0.2) is 0 Å². The number of aromatic nitrogens is 1. The molecule has 3 nitrogen and oxygen atoms in total. The van der Waals surface area contributed by atoms with Crippen LogP contribution in [0.25, 0.3) is 21.8 Å². The highest BCUT2D eigenvalue weighted by Crippen LogP contribution is 2.34. The van der Waals surface area contributed by atoms with Gasteiger partial charge in [0.15, 0.2) is 11.6 Å². The average Bonchev–Trinajstić information content (AvgIpc) is 3.06. The number of halogens is 2. The lowest BCUT2D eigenvalue weighted by molar-refractivity contribution is 0.0954. The van der Waals surface area contributed by atoms with Crippen molar-refractivity contribution in [2.24, 2.45) is 0 Å². The van der Waals surface area contributed by atoms with Crippen molar-refractivity contribution in [1.29, 1.82) is 0 Å². The summed E-state index contributed by atoms with van der Waals surface area (Å²) >= 11 is 7.01. The zero-order valence-corrected chi connectivity index (χ0v) is 23.6. The molecule has 0 aliphatic carbocycles. The van der Waals surface area contributed by atoms with Crippen LogP contribution in [0.3, 0.4) is 0 Å². The Kier molecular flexibility index (Phi) is 8.27. The van der Waals surface area contributed by atoms with Gasteiger partial charge in [-0.2, -0.15) is 0 Å². The van der Waals surface area contributed by atoms with Gasteiger partial charge < -0.3 is 4.57 Å². The molecular formula is C28H35Br2NO2. The van der Waals surface area contributed by atoms with Crippen LogP contribution in [0.5, 0.6) is 0 Å². The van der Waals surface area contributed by atoms with E-state index in [1.54, 1.807) is 0 Å². The van der Waals surface area contributed by atoms with Gasteiger partial charge in [0.2, 0.25) is 0 Å². The summed E-state index contributed by atoms with van der Waals surface area (Å²) in [6.07, 6.45) is 7.45. The summed E-state index contributed by atoms with van der Waals surface area (Å²) in [5.74, 6) is 0.102. The zero-order valence-electron chi connectivity index (χ0n) is 20.4. The maximum Gasteiger partial charge on any atom is 0.178 e. The predicted molar refractivity (Wildman–Crippen MR) is 147 cm³/mol. The predicted octanol–water partition coefficient (Wildman–Crippen LogP) is 8.87. The van der Waals surface area contributed by atoms with Crippen molar-refractivity contribution >= 4 is 65.2 Å². The summed E-state index contributed by atoms with van der Waals surface area (Å²) in [5.41, 5.74) is 3.59. The molecule has 178 valence electrons. The molecule has 3 aromatic rings. The molecule has 33 heavy (non-hydrogen) atoms. The van der Waals surface area contributed by atoms with E-state index >= 15 is 0 Å². The molecule has 0 aliphatic heterocycles. The van der Waals surface area contributed by atoms with Crippen molar-refractivity contribution in [1.82, 2.24) is 4.57 Å². The number of carbonyl (C=O) groups excluding carboxylic acids is 2. The first kappa shape index (κ1) is 26.2. The first-order chi connectivity index (χ1) is 15.4. The van der Waals surface area contributed by atoms with Gasteiger partial charge in [0.1, 0.15) is 0 Å². The standard InChI is InChI=1S/C28H35Br2NO2/c1-6-7-8-9-10-11-16-31-23-14-12-19(25(32)27(2,3)29)17-21(23)22-18-20(13-15-24(22)31)26(33)28(4,5)30/h12-15,17-18H,6-11,16H2,1-5H3. The maximum atomic E-state index is 12.9. The summed E-state index contributed by atoms with van der Waals surface area (Å²) in [6.45, 7) is 10.7. The Morgan fingerprint density at radius 1 is 0.727 bits per heavy atom. The number of unbranched alkanes of at least 4 members (excludes halogenated alkanes) is 5. The van der Waals surface area contributed by atoms with E-state index in [0.717, 1.165) is 34.8 Å². The highest BCUT2D eigenvalue weighted by molar-refractivity contribution is 9.10. The van der Waals surface area contributed by atoms with Crippen LogP contribution in [0.2, 0.25) is 0 Å². The minimum atomic E-state index is -0.626. The summed E-state index contributed by atoms with van der Waals surface area (Å²) in [7, 11) is 0. The topological polar surface area (TPSA) is 39.1 Å². The van der Waals surface area contributed by atoms with E-state index in [1.807, 2.05) is 52.0 Å². The van der Waals surface area contributed by atoms with Crippen LogP contribution in [0.15, 0.2) is 36.4 Å². The van der Waals surface area contributed by atoms with Gasteiger partial charge in [-0.1, -0.05) is 70.9 Å². The largest absolute Gasteiger partial charge is 0.340 e. The average molecular weight is 577 g/mol. The van der Waals surface area contributed by atoms with Crippen molar-refractivity contribution in [2.45, 2.75) is 88.3 Å². The Labute approximate surface area is 214 Å². The number of ketones is 2. The highest BCUT2D eigenvalue weighted by atomic mass is 79.9. The number of hydrogen-bond donors (Lipinski definition) is 0. The van der Waals surface area contributed by atoms with Crippen LogP contribution in [-0.2, 0) is 6.54 Å². The summed E-state index contributed by atoms with van der Waals surface area (Å²) in [4.78, 5) is 25.9. The van der Waals surface area contributed by atoms with Gasteiger partial charge in [0, 0.05) is 39.5 Å². The Hall–Kier alpha value is -1.46. The van der Waals surface area contributed by atoms with E-state index < -0.39 is 8.65 Å². The zero-order chi connectivity index (χ0) is 24.4. The second-order valence-electron chi connectivity index (χ2n) is 9.99. The van der Waals surface area contributed by atoms with Gasteiger partial charge in [-0.3, -0.25) is 9.59 Å². The Bertz CT molecular complexity index is 1080. The molecule has 0 N–H and O–H groups in total. The van der Waals surface area contributed by atoms with E-state index in [0.29, 0.717) is 11.1 Å². The first-order valence-electron chi connectivity index (χ1n) is 12.0. The number of aryl methyl sites for hydroxylation is 1. The van der Waals surface area contributed by atoms with E-state index in [2.05, 4.69) is 55.5 Å². The van der Waals surface area contributed by atoms with Crippen LogP contribution < -0.4 is 0 Å². The number of Topliss-reactive ketones (excluding diaryl/α,β-unsaturated/α-hetero) is 2. The quantitative estimate of drug-likeness (QED) is 0.130. The molecular weight excluding hydrogens is 542 g/mol. The molecule has 0 aliphatic rings. The van der Waals surface area contributed by atoms with Crippen molar-refractivity contribution < 1.29 is 9.59 Å². The van der Waals surface area contributed by atoms with Crippen LogP contribution in [0.4, 0.5) is 0 Å². The van der Waals surface area contributed by atoms with E-state index in [9.17, 15) is 9.59 Å². The Morgan fingerprint density at radius 3 is 1.58 bits per heavy atom. The molecule has 0 spiro atoms. The third-order valence-electron chi connectivity index (χ3n) is 6.20. The molecule has 0 bridgehead atoms. The lowest BCUT2D eigenvalue weighted by Gasteiger charge is -2.15. The van der Waals surface area contributed by atoms with Crippen LogP contribution in [0, 0.1) is 0 Å². The van der Waals surface area contributed by atoms with Gasteiger partial charge in [-0.05, 0) is 70.5 Å². The fraction of sp³-hybridized carbons (Fsp3) is 0.500. The molecule has 5 heteroatoms. The summed E-state index contributed by atoms with van der Waals surface area (Å²) in [5, 5.41) is 2.06. The molecule has 0 radical (unpaired) electrons. The maximum absolute atomic E-state index is 12.9. The van der Waals surface area contributed by atoms with Gasteiger partial charge in [-0.15, -0.1) is 0 Å². The number of rotatable bonds is 11. The van der Waals surface area contributed by atoms with E-state index in [4.69, 9.17) is 0 Å². The molecule has 0 unspecified atom stereocenters. The van der Waals surface area contributed by atoms with Crippen molar-refractivity contribution in [2.75, 3.05) is 0 Å². The number of hydrogen-bond acceptors (Lipinski definition) is 2. The fourth-order valence-corrected chi connectivity index (χ4v) is 4.82. The number of benzene rings is 2. The number of nitrogens with zero attached hydrogens (tertiary/aromatic N) is 1. The van der Waals surface area contributed by atoms with Gasteiger partial charge in [0.25, 0.3) is 0 Å². The second-order valence-corrected chi connectivity index (χ2v) is 14.0. The van der Waals surface area contributed by atoms with E-state index in [-0.39, 0.29) is 11.6 Å². The molecule has 0 fully saturated rings. The molecule has 2 aromatic carbocycles. The lowest BCUT2D eigenvalue weighted by Crippen LogP contribution is -2.24. The Balaban J connectivity index is 2.08. The molecule has 0 saturated carbocycles. The molecule has 0 saturated heterocycles. The smallest absolute Gasteiger partial charge is 0.178 e. The van der Waals surface area contributed by atoms with Crippen molar-refractivity contribution in [3.63, 3.8) is 0 Å². The lowest BCUT2D eigenvalue weighted by atomic mass is 9.97. The summed E-state index contributed by atoms with van der Waals surface area (Å²) in [6, 6.07) is 12.0. The third kappa shape index (κ3) is 5.97. The minimum Gasteiger partial charge on any atom is -0.340 e. The highest BCUT2D eigenvalue weighted by Gasteiger charge is 2.27. The van der Waals surface area contributed by atoms with Crippen molar-refractivity contribution in [3.8, 4) is 0 Å². The Morgan fingerprint density at radius 2 is 1.15 bits per heavy atom. The number of carbonyl (C=O) groups is 2. The minimum absolute atomic E-state index is 0.0510. The van der Waals surface area contributed by atoms with Crippen molar-refractivity contribution in [3.05, 3.63) is 47.5 Å². The summed E-state index contributed by atoms with van der Waals surface area (Å²) < 4.78 is 1.10. The number of alkyl halides is 2. The van der Waals surface area contributed by atoms with E-state index in [1.165, 1.54) is 32.1 Å². The molecule has 3 rings (SSSR count). The van der Waals surface area contributed by atoms with Crippen LogP contribution in [-0.4, -0.2) is 24.8 Å². The third-order valence-corrected chi connectivity index (χ3v) is 6.92. The monoisotopic (exact) mass is 575 g/mol. The first-order valence-corrected chi connectivity index (χ1v) is 13.6. The molecule has 1 aromatic heterocycles. The van der Waals surface area contributed by atoms with Crippen LogP contribution >= 0.6 is 31.9 Å².